The number of para-hydroxylation sites is 1. The normalized spacial score (nSPS) is 14.9. The molecular weight excluding hydrogens is 430 g/mol. The largest absolute Gasteiger partial charge is 0.349 e. The van der Waals surface area contributed by atoms with Gasteiger partial charge in [0.2, 0.25) is 5.91 Å². The molecule has 0 saturated heterocycles. The lowest BCUT2D eigenvalue weighted by Crippen LogP contribution is -3.13. The number of carbonyl (C=O) groups is 2. The number of nitrogens with one attached hydrogen (secondary N) is 2. The van der Waals surface area contributed by atoms with Crippen molar-refractivity contribution < 1.29 is 14.5 Å². The van der Waals surface area contributed by atoms with Gasteiger partial charge in [-0.05, 0) is 23.8 Å². The number of carbonyl (C=O) groups excluding carboxylic acids is 2. The van der Waals surface area contributed by atoms with E-state index in [9.17, 15) is 9.59 Å². The van der Waals surface area contributed by atoms with Crippen molar-refractivity contribution in [1.82, 2.24) is 5.32 Å². The molecule has 0 fully saturated rings. The zero-order valence-corrected chi connectivity index (χ0v) is 21.0. The Bertz CT molecular complexity index is 962. The van der Waals surface area contributed by atoms with Crippen molar-refractivity contribution in [3.8, 4) is 0 Å². The van der Waals surface area contributed by atoms with Crippen molar-refractivity contribution in [3.05, 3.63) is 65.1 Å². The molecule has 2 aromatic rings. The molecule has 0 atom stereocenters. The van der Waals surface area contributed by atoms with Crippen LogP contribution in [-0.4, -0.2) is 44.5 Å². The maximum absolute atomic E-state index is 13.3. The summed E-state index contributed by atoms with van der Waals surface area (Å²) >= 11 is 1.46. The van der Waals surface area contributed by atoms with E-state index in [2.05, 4.69) is 33.0 Å². The first-order valence-electron chi connectivity index (χ1n) is 11.8. The van der Waals surface area contributed by atoms with Crippen LogP contribution in [0.3, 0.4) is 0 Å². The molecule has 2 aromatic carbocycles. The highest BCUT2D eigenvalue weighted by Crippen LogP contribution is 2.41. The molecule has 0 aromatic heterocycles. The summed E-state index contributed by atoms with van der Waals surface area (Å²) in [4.78, 5) is 30.8. The second kappa shape index (κ2) is 12.1. The van der Waals surface area contributed by atoms with E-state index in [-0.39, 0.29) is 18.4 Å². The van der Waals surface area contributed by atoms with E-state index in [1.165, 1.54) is 16.7 Å². The van der Waals surface area contributed by atoms with Crippen LogP contribution in [0.1, 0.15) is 33.3 Å². The Labute approximate surface area is 202 Å². The van der Waals surface area contributed by atoms with Crippen LogP contribution < -0.4 is 15.1 Å². The molecular formula is C27H36N3O2S+. The van der Waals surface area contributed by atoms with Gasteiger partial charge in [-0.15, -0.1) is 0 Å². The van der Waals surface area contributed by atoms with Gasteiger partial charge in [0.05, 0.1) is 36.8 Å². The van der Waals surface area contributed by atoms with E-state index in [0.717, 1.165) is 35.8 Å². The second-order valence-electron chi connectivity index (χ2n) is 9.43. The number of nitrogens with zero attached hydrogens (tertiary/aromatic N) is 1. The summed E-state index contributed by atoms with van der Waals surface area (Å²) in [5.41, 5.74) is 1.76. The fourth-order valence-corrected chi connectivity index (χ4v) is 5.20. The van der Waals surface area contributed by atoms with Crippen molar-refractivity contribution in [2.24, 2.45) is 11.8 Å². The van der Waals surface area contributed by atoms with Gasteiger partial charge in [-0.2, -0.15) is 0 Å². The quantitative estimate of drug-likeness (QED) is 0.527. The summed E-state index contributed by atoms with van der Waals surface area (Å²) in [6.07, 6.45) is 1.90. The summed E-state index contributed by atoms with van der Waals surface area (Å²) in [5.74, 6) is 0.968. The summed E-state index contributed by atoms with van der Waals surface area (Å²) in [6, 6.07) is 17.6. The van der Waals surface area contributed by atoms with Crippen LogP contribution >= 0.6 is 11.8 Å². The molecule has 1 aliphatic rings. The molecule has 0 spiro atoms. The lowest BCUT2D eigenvalue weighted by molar-refractivity contribution is -0.904. The van der Waals surface area contributed by atoms with Gasteiger partial charge >= 0.3 is 0 Å². The number of rotatable bonds is 10. The molecule has 2 amide bonds. The highest BCUT2D eigenvalue weighted by molar-refractivity contribution is 8.04. The van der Waals surface area contributed by atoms with Gasteiger partial charge in [-0.25, -0.2) is 0 Å². The fraction of sp³-hybridized carbons (Fsp3) is 0.407. The van der Waals surface area contributed by atoms with Gasteiger partial charge < -0.3 is 10.2 Å². The Kier molecular flexibility index (Phi) is 9.15. The monoisotopic (exact) mass is 466 g/mol. The third-order valence-corrected chi connectivity index (χ3v) is 6.50. The third kappa shape index (κ3) is 7.47. The average Bonchev–Trinajstić information content (AvgIpc) is 2.76. The molecule has 2 N–H and O–H groups in total. The zero-order valence-electron chi connectivity index (χ0n) is 20.1. The van der Waals surface area contributed by atoms with Crippen LogP contribution in [0.5, 0.6) is 0 Å². The molecule has 1 heterocycles. The molecule has 6 heteroatoms. The zero-order chi connectivity index (χ0) is 23.8. The van der Waals surface area contributed by atoms with Crippen LogP contribution in [0.4, 0.5) is 5.69 Å². The maximum Gasteiger partial charge on any atom is 0.265 e. The minimum Gasteiger partial charge on any atom is -0.349 e. The topological polar surface area (TPSA) is 53.9 Å². The Morgan fingerprint density at radius 3 is 2.30 bits per heavy atom. The highest BCUT2D eigenvalue weighted by atomic mass is 32.2. The van der Waals surface area contributed by atoms with E-state index in [0.29, 0.717) is 23.3 Å². The SMILES string of the molecule is CC(C)C[NH+](CCNC(=O)CN1C(=O)C(=Cc2ccccc2)Sc2ccccc21)CC(C)C. The predicted octanol–water partition coefficient (Wildman–Crippen LogP) is 3.48. The molecule has 0 bridgehead atoms. The van der Waals surface area contributed by atoms with Gasteiger partial charge in [0, 0.05) is 16.7 Å². The van der Waals surface area contributed by atoms with Gasteiger partial charge in [-0.1, -0.05) is 81.9 Å². The summed E-state index contributed by atoms with van der Waals surface area (Å²) < 4.78 is 0. The summed E-state index contributed by atoms with van der Waals surface area (Å²) in [5, 5.41) is 3.04. The molecule has 33 heavy (non-hydrogen) atoms. The van der Waals surface area contributed by atoms with Crippen molar-refractivity contribution >= 4 is 35.3 Å². The molecule has 0 radical (unpaired) electrons. The number of amides is 2. The van der Waals surface area contributed by atoms with Crippen LogP contribution in [0, 0.1) is 11.8 Å². The fourth-order valence-electron chi connectivity index (χ4n) is 4.14. The van der Waals surface area contributed by atoms with Gasteiger partial charge in [0.25, 0.3) is 5.91 Å². The first-order valence-corrected chi connectivity index (χ1v) is 12.6. The van der Waals surface area contributed by atoms with Crippen LogP contribution in [0.25, 0.3) is 6.08 Å². The highest BCUT2D eigenvalue weighted by Gasteiger charge is 2.30. The first-order chi connectivity index (χ1) is 15.8. The average molecular weight is 467 g/mol. The number of hydrogen-bond donors (Lipinski definition) is 2. The summed E-state index contributed by atoms with van der Waals surface area (Å²) in [6.45, 7) is 12.6. The van der Waals surface area contributed by atoms with E-state index >= 15 is 0 Å². The van der Waals surface area contributed by atoms with Gasteiger partial charge in [0.1, 0.15) is 6.54 Å². The van der Waals surface area contributed by atoms with Crippen LogP contribution in [0.2, 0.25) is 0 Å². The van der Waals surface area contributed by atoms with Gasteiger partial charge in [-0.3, -0.25) is 14.5 Å². The van der Waals surface area contributed by atoms with Crippen molar-refractivity contribution in [3.63, 3.8) is 0 Å². The number of thioether (sulfide) groups is 1. The third-order valence-electron chi connectivity index (χ3n) is 5.43. The lowest BCUT2D eigenvalue weighted by Gasteiger charge is -2.30. The number of anilines is 1. The molecule has 5 nitrogen and oxygen atoms in total. The number of hydrogen-bond acceptors (Lipinski definition) is 3. The number of benzene rings is 2. The lowest BCUT2D eigenvalue weighted by atomic mass is 10.1. The van der Waals surface area contributed by atoms with Crippen molar-refractivity contribution in [2.75, 3.05) is 37.6 Å². The van der Waals surface area contributed by atoms with Crippen molar-refractivity contribution in [1.29, 1.82) is 0 Å². The molecule has 0 aliphatic carbocycles. The van der Waals surface area contributed by atoms with Crippen LogP contribution in [0.15, 0.2) is 64.4 Å². The Balaban J connectivity index is 1.67. The Morgan fingerprint density at radius 1 is 1.00 bits per heavy atom. The van der Waals surface area contributed by atoms with Crippen molar-refractivity contribution in [2.45, 2.75) is 32.6 Å². The van der Waals surface area contributed by atoms with Crippen LogP contribution in [-0.2, 0) is 9.59 Å². The van der Waals surface area contributed by atoms with E-state index in [4.69, 9.17) is 0 Å². The van der Waals surface area contributed by atoms with E-state index in [1.807, 2.05) is 60.7 Å². The first kappa shape index (κ1) is 25.1. The smallest absolute Gasteiger partial charge is 0.265 e. The number of quaternary nitrogens is 1. The Hall–Kier alpha value is -2.57. The molecule has 3 rings (SSSR count). The molecule has 0 unspecified atom stereocenters. The maximum atomic E-state index is 13.3. The Morgan fingerprint density at radius 2 is 1.64 bits per heavy atom. The van der Waals surface area contributed by atoms with Gasteiger partial charge in [0.15, 0.2) is 0 Å². The standard InChI is InChI=1S/C27H35N3O2S/c1-20(2)17-29(18-21(3)4)15-14-28-26(31)19-30-23-12-8-9-13-24(23)33-25(27(30)32)16-22-10-6-5-7-11-22/h5-13,16,20-21H,14-15,17-19H2,1-4H3,(H,28,31)/p+1. The minimum absolute atomic E-state index is 0.0201. The minimum atomic E-state index is -0.135. The molecule has 1 aliphatic heterocycles. The second-order valence-corrected chi connectivity index (χ2v) is 10.5. The predicted molar refractivity (Wildman–Crippen MR) is 137 cm³/mol. The summed E-state index contributed by atoms with van der Waals surface area (Å²) in [7, 11) is 0. The molecule has 0 saturated carbocycles. The number of fused-ring (bicyclic) bond motifs is 1. The van der Waals surface area contributed by atoms with E-state index in [1.54, 1.807) is 4.90 Å². The molecule has 176 valence electrons. The van der Waals surface area contributed by atoms with E-state index < -0.39 is 0 Å².